The fourth-order valence-corrected chi connectivity index (χ4v) is 4.84. The van der Waals surface area contributed by atoms with Gasteiger partial charge in [-0.25, -0.2) is 4.79 Å². The molecular formula is C24H28N4O5S. The largest absolute Gasteiger partial charge is 0.376 e. The highest BCUT2D eigenvalue weighted by atomic mass is 32.1. The van der Waals surface area contributed by atoms with Crippen LogP contribution in [0, 0.1) is 0 Å². The standard InChI is InChI=1S/C24H28N4O5S/c29-20(25-14-17-6-2-1-3-7-17)9-4-11-27-23(31)22-19(10-13-34-22)28(24(27)32)16-21(30)26-15-18-8-5-12-33-18/h1-3,6-7,10,13,18H,4-5,8-9,11-12,14-16H2,(H,25,29)(H,26,30). The van der Waals surface area contributed by atoms with Gasteiger partial charge >= 0.3 is 5.69 Å². The lowest BCUT2D eigenvalue weighted by Crippen LogP contribution is -2.43. The van der Waals surface area contributed by atoms with Crippen molar-refractivity contribution in [1.29, 1.82) is 0 Å². The molecule has 0 radical (unpaired) electrons. The van der Waals surface area contributed by atoms with Gasteiger partial charge in [-0.1, -0.05) is 30.3 Å². The van der Waals surface area contributed by atoms with Crippen LogP contribution in [0.2, 0.25) is 0 Å². The van der Waals surface area contributed by atoms with Crippen molar-refractivity contribution < 1.29 is 14.3 Å². The molecule has 3 aromatic rings. The number of amides is 2. The van der Waals surface area contributed by atoms with Crippen molar-refractivity contribution in [3.63, 3.8) is 0 Å². The molecule has 1 atom stereocenters. The minimum Gasteiger partial charge on any atom is -0.376 e. The second kappa shape index (κ2) is 11.3. The van der Waals surface area contributed by atoms with E-state index in [-0.39, 0.29) is 37.4 Å². The minimum atomic E-state index is -0.548. The number of thiophene rings is 1. The van der Waals surface area contributed by atoms with Gasteiger partial charge in [0.05, 0.1) is 11.6 Å². The van der Waals surface area contributed by atoms with Gasteiger partial charge in [-0.3, -0.25) is 23.5 Å². The van der Waals surface area contributed by atoms with Gasteiger partial charge in [0.15, 0.2) is 0 Å². The van der Waals surface area contributed by atoms with Crippen LogP contribution in [0.15, 0.2) is 51.4 Å². The van der Waals surface area contributed by atoms with Gasteiger partial charge in [0.1, 0.15) is 11.2 Å². The number of nitrogens with zero attached hydrogens (tertiary/aromatic N) is 2. The number of fused-ring (bicyclic) bond motifs is 1. The summed E-state index contributed by atoms with van der Waals surface area (Å²) in [5.41, 5.74) is 0.503. The van der Waals surface area contributed by atoms with Crippen LogP contribution in [0.5, 0.6) is 0 Å². The Hall–Kier alpha value is -3.24. The molecular weight excluding hydrogens is 456 g/mol. The van der Waals surface area contributed by atoms with E-state index in [1.807, 2.05) is 30.3 Å². The summed E-state index contributed by atoms with van der Waals surface area (Å²) in [6, 6.07) is 11.3. The molecule has 0 aliphatic carbocycles. The summed E-state index contributed by atoms with van der Waals surface area (Å²) in [6.07, 6.45) is 2.40. The van der Waals surface area contributed by atoms with Crippen molar-refractivity contribution in [2.75, 3.05) is 13.2 Å². The highest BCUT2D eigenvalue weighted by Crippen LogP contribution is 2.15. The Labute approximate surface area is 200 Å². The molecule has 9 nitrogen and oxygen atoms in total. The van der Waals surface area contributed by atoms with E-state index in [0.29, 0.717) is 36.3 Å². The van der Waals surface area contributed by atoms with Crippen LogP contribution in [-0.2, 0) is 34.0 Å². The van der Waals surface area contributed by atoms with Crippen molar-refractivity contribution in [3.05, 3.63) is 68.2 Å². The lowest BCUT2D eigenvalue weighted by molar-refractivity contribution is -0.122. The molecule has 2 amide bonds. The lowest BCUT2D eigenvalue weighted by atomic mass is 10.2. The maximum absolute atomic E-state index is 13.1. The van der Waals surface area contributed by atoms with E-state index in [9.17, 15) is 19.2 Å². The molecule has 34 heavy (non-hydrogen) atoms. The Kier molecular flexibility index (Phi) is 7.91. The molecule has 2 N–H and O–H groups in total. The molecule has 180 valence electrons. The van der Waals surface area contributed by atoms with Gasteiger partial charge in [0.2, 0.25) is 11.8 Å². The smallest absolute Gasteiger partial charge is 0.332 e. The Morgan fingerprint density at radius 2 is 1.88 bits per heavy atom. The first kappa shape index (κ1) is 23.9. The minimum absolute atomic E-state index is 0.00355. The highest BCUT2D eigenvalue weighted by Gasteiger charge is 2.19. The molecule has 1 aliphatic rings. The van der Waals surface area contributed by atoms with Crippen LogP contribution in [0.1, 0.15) is 31.2 Å². The first-order valence-electron chi connectivity index (χ1n) is 11.4. The molecule has 1 aliphatic heterocycles. The third kappa shape index (κ3) is 5.81. The van der Waals surface area contributed by atoms with Crippen molar-refractivity contribution in [2.24, 2.45) is 0 Å². The van der Waals surface area contributed by atoms with E-state index in [4.69, 9.17) is 4.74 Å². The van der Waals surface area contributed by atoms with Gasteiger partial charge < -0.3 is 15.4 Å². The zero-order chi connectivity index (χ0) is 23.9. The van der Waals surface area contributed by atoms with Gasteiger partial charge in [-0.05, 0) is 36.3 Å². The molecule has 2 aromatic heterocycles. The molecule has 1 unspecified atom stereocenters. The quantitative estimate of drug-likeness (QED) is 0.454. The highest BCUT2D eigenvalue weighted by molar-refractivity contribution is 7.17. The summed E-state index contributed by atoms with van der Waals surface area (Å²) >= 11 is 1.23. The predicted molar refractivity (Wildman–Crippen MR) is 130 cm³/mol. The van der Waals surface area contributed by atoms with Crippen molar-refractivity contribution in [3.8, 4) is 0 Å². The molecule has 0 spiro atoms. The summed E-state index contributed by atoms with van der Waals surface area (Å²) in [5.74, 6) is -0.460. The molecule has 1 fully saturated rings. The number of nitrogens with one attached hydrogen (secondary N) is 2. The lowest BCUT2D eigenvalue weighted by Gasteiger charge is -2.14. The second-order valence-electron chi connectivity index (χ2n) is 8.27. The van der Waals surface area contributed by atoms with E-state index in [2.05, 4.69) is 10.6 Å². The fourth-order valence-electron chi connectivity index (χ4n) is 4.00. The first-order valence-corrected chi connectivity index (χ1v) is 12.3. The SMILES string of the molecule is O=C(CCCn1c(=O)c2sccc2n(CC(=O)NCC2CCCO2)c1=O)NCc1ccccc1. The number of hydrogen-bond acceptors (Lipinski definition) is 6. The maximum atomic E-state index is 13.1. The fraction of sp³-hybridized carbons (Fsp3) is 0.417. The number of rotatable bonds is 10. The summed E-state index contributed by atoms with van der Waals surface area (Å²) in [6.45, 7) is 1.44. The molecule has 3 heterocycles. The number of carbonyl (C=O) groups is 2. The average molecular weight is 485 g/mol. The van der Waals surface area contributed by atoms with E-state index in [0.717, 1.165) is 23.0 Å². The van der Waals surface area contributed by atoms with Crippen molar-refractivity contribution in [1.82, 2.24) is 19.8 Å². The van der Waals surface area contributed by atoms with Crippen LogP contribution in [-0.4, -0.2) is 40.2 Å². The molecule has 0 bridgehead atoms. The molecule has 1 aromatic carbocycles. The third-order valence-corrected chi connectivity index (χ3v) is 6.70. The van der Waals surface area contributed by atoms with Crippen LogP contribution in [0.4, 0.5) is 0 Å². The Balaban J connectivity index is 1.39. The number of hydrogen-bond donors (Lipinski definition) is 2. The van der Waals surface area contributed by atoms with E-state index in [1.54, 1.807) is 11.4 Å². The Morgan fingerprint density at radius 1 is 1.06 bits per heavy atom. The summed E-state index contributed by atoms with van der Waals surface area (Å²) in [7, 11) is 0. The number of aromatic nitrogens is 2. The van der Waals surface area contributed by atoms with Crippen LogP contribution in [0.25, 0.3) is 10.2 Å². The van der Waals surface area contributed by atoms with E-state index < -0.39 is 11.2 Å². The average Bonchev–Trinajstić information content (AvgIpc) is 3.54. The van der Waals surface area contributed by atoms with Crippen molar-refractivity contribution in [2.45, 2.75) is 51.4 Å². The van der Waals surface area contributed by atoms with E-state index in [1.165, 1.54) is 15.9 Å². The van der Waals surface area contributed by atoms with Crippen molar-refractivity contribution >= 4 is 33.4 Å². The zero-order valence-electron chi connectivity index (χ0n) is 18.8. The van der Waals surface area contributed by atoms with Gasteiger partial charge in [-0.15, -0.1) is 11.3 Å². The van der Waals surface area contributed by atoms with Gasteiger partial charge in [0, 0.05) is 32.7 Å². The zero-order valence-corrected chi connectivity index (χ0v) is 19.6. The normalized spacial score (nSPS) is 15.5. The topological polar surface area (TPSA) is 111 Å². The summed E-state index contributed by atoms with van der Waals surface area (Å²) < 4.78 is 8.38. The maximum Gasteiger partial charge on any atom is 0.332 e. The third-order valence-electron chi connectivity index (χ3n) is 5.81. The van der Waals surface area contributed by atoms with Crippen LogP contribution >= 0.6 is 11.3 Å². The molecule has 0 saturated carbocycles. The molecule has 1 saturated heterocycles. The van der Waals surface area contributed by atoms with Crippen LogP contribution in [0.3, 0.4) is 0 Å². The Morgan fingerprint density at radius 3 is 2.65 bits per heavy atom. The van der Waals surface area contributed by atoms with Gasteiger partial charge in [0.25, 0.3) is 5.56 Å². The predicted octanol–water partition coefficient (Wildman–Crippen LogP) is 1.62. The van der Waals surface area contributed by atoms with Crippen LogP contribution < -0.4 is 21.9 Å². The summed E-state index contributed by atoms with van der Waals surface area (Å²) in [5, 5.41) is 7.39. The second-order valence-corrected chi connectivity index (χ2v) is 9.18. The monoisotopic (exact) mass is 484 g/mol. The number of ether oxygens (including phenoxy) is 1. The summed E-state index contributed by atoms with van der Waals surface area (Å²) in [4.78, 5) is 50.7. The Bertz CT molecular complexity index is 1260. The van der Waals surface area contributed by atoms with Gasteiger partial charge in [-0.2, -0.15) is 0 Å². The first-order chi connectivity index (χ1) is 16.5. The molecule has 4 rings (SSSR count). The number of benzene rings is 1. The number of carbonyl (C=O) groups excluding carboxylic acids is 2. The van der Waals surface area contributed by atoms with E-state index >= 15 is 0 Å². The molecule has 10 heteroatoms.